The van der Waals surface area contributed by atoms with Crippen LogP contribution in [0.1, 0.15) is 29.9 Å². The highest BCUT2D eigenvalue weighted by Crippen LogP contribution is 2.38. The molecular weight excluding hydrogens is 452 g/mol. The lowest BCUT2D eigenvalue weighted by Gasteiger charge is -2.12. The van der Waals surface area contributed by atoms with E-state index in [1.807, 2.05) is 30.3 Å². The molecule has 1 aromatic heterocycles. The molecule has 0 spiro atoms. The lowest BCUT2D eigenvalue weighted by atomic mass is 10.1. The largest absolute Gasteiger partial charge is 0.493 e. The number of carbonyl (C=O) groups is 3. The van der Waals surface area contributed by atoms with Gasteiger partial charge in [0.2, 0.25) is 0 Å². The first-order valence-corrected chi connectivity index (χ1v) is 11.1. The first-order valence-electron chi connectivity index (χ1n) is 11.1. The maximum absolute atomic E-state index is 13.1. The normalized spacial score (nSPS) is 10.4. The minimum absolute atomic E-state index is 0.0363. The van der Waals surface area contributed by atoms with Crippen LogP contribution in [0.15, 0.2) is 54.7 Å². The standard InChI is InChI=1S/C26H28N2O7/c1-5-34-25(30)23-22(27-24(29)26(31)35-6-2)19(16-28(23)15-17-10-8-7-9-11-17)18-12-13-20(32-3)21(14-18)33-4/h7-14,16H,5-6,15H2,1-4H3,(H,27,29). The van der Waals surface area contributed by atoms with E-state index in [9.17, 15) is 14.4 Å². The molecule has 0 aliphatic heterocycles. The summed E-state index contributed by atoms with van der Waals surface area (Å²) in [5.41, 5.74) is 2.26. The zero-order valence-corrected chi connectivity index (χ0v) is 20.1. The number of anilines is 1. The smallest absolute Gasteiger partial charge is 0.397 e. The van der Waals surface area contributed by atoms with Crippen molar-refractivity contribution in [2.75, 3.05) is 32.8 Å². The van der Waals surface area contributed by atoms with Crippen LogP contribution >= 0.6 is 0 Å². The van der Waals surface area contributed by atoms with Crippen molar-refractivity contribution in [1.29, 1.82) is 0 Å². The van der Waals surface area contributed by atoms with Crippen molar-refractivity contribution in [3.63, 3.8) is 0 Å². The number of nitrogens with zero attached hydrogens (tertiary/aromatic N) is 1. The van der Waals surface area contributed by atoms with E-state index in [1.165, 1.54) is 14.2 Å². The first-order chi connectivity index (χ1) is 16.9. The number of hydrogen-bond donors (Lipinski definition) is 1. The third kappa shape index (κ3) is 5.81. The van der Waals surface area contributed by atoms with Crippen LogP contribution in [0, 0.1) is 0 Å². The van der Waals surface area contributed by atoms with Gasteiger partial charge in [0.1, 0.15) is 0 Å². The highest BCUT2D eigenvalue weighted by atomic mass is 16.5. The number of carbonyl (C=O) groups excluding carboxylic acids is 3. The zero-order valence-electron chi connectivity index (χ0n) is 20.1. The SMILES string of the molecule is CCOC(=O)C(=O)Nc1c(-c2ccc(OC)c(OC)c2)cn(Cc2ccccc2)c1C(=O)OCC. The molecule has 3 aromatic rings. The maximum Gasteiger partial charge on any atom is 0.397 e. The van der Waals surface area contributed by atoms with Crippen molar-refractivity contribution >= 4 is 23.5 Å². The second-order valence-corrected chi connectivity index (χ2v) is 7.34. The highest BCUT2D eigenvalue weighted by molar-refractivity contribution is 6.38. The summed E-state index contributed by atoms with van der Waals surface area (Å²) in [6.07, 6.45) is 1.72. The van der Waals surface area contributed by atoms with E-state index in [1.54, 1.807) is 42.8 Å². The Hall–Kier alpha value is -4.27. The molecule has 1 amide bonds. The average molecular weight is 481 g/mol. The van der Waals surface area contributed by atoms with Gasteiger partial charge in [-0.3, -0.25) is 4.79 Å². The predicted molar refractivity (Wildman–Crippen MR) is 130 cm³/mol. The minimum atomic E-state index is -1.06. The number of hydrogen-bond acceptors (Lipinski definition) is 7. The van der Waals surface area contributed by atoms with E-state index in [4.69, 9.17) is 18.9 Å². The molecule has 0 saturated heterocycles. The molecule has 0 saturated carbocycles. The monoisotopic (exact) mass is 480 g/mol. The van der Waals surface area contributed by atoms with Gasteiger partial charge in [0.15, 0.2) is 17.2 Å². The van der Waals surface area contributed by atoms with Crippen LogP contribution in [-0.2, 0) is 25.6 Å². The minimum Gasteiger partial charge on any atom is -0.493 e. The van der Waals surface area contributed by atoms with Crippen LogP contribution in [0.4, 0.5) is 5.69 Å². The first kappa shape index (κ1) is 25.4. The van der Waals surface area contributed by atoms with Gasteiger partial charge in [0, 0.05) is 18.3 Å². The van der Waals surface area contributed by atoms with Crippen molar-refractivity contribution < 1.29 is 33.3 Å². The van der Waals surface area contributed by atoms with Crippen LogP contribution in [-0.4, -0.2) is 49.8 Å². The number of amides is 1. The quantitative estimate of drug-likeness (QED) is 0.366. The van der Waals surface area contributed by atoms with Crippen molar-refractivity contribution in [2.24, 2.45) is 0 Å². The van der Waals surface area contributed by atoms with Gasteiger partial charge in [0.25, 0.3) is 0 Å². The fourth-order valence-corrected chi connectivity index (χ4v) is 3.59. The Morgan fingerprint density at radius 3 is 2.20 bits per heavy atom. The molecule has 1 N–H and O–H groups in total. The van der Waals surface area contributed by atoms with Crippen molar-refractivity contribution in [3.8, 4) is 22.6 Å². The Morgan fingerprint density at radius 2 is 1.57 bits per heavy atom. The Balaban J connectivity index is 2.21. The summed E-state index contributed by atoms with van der Waals surface area (Å²) in [6.45, 7) is 3.78. The maximum atomic E-state index is 13.1. The van der Waals surface area contributed by atoms with Gasteiger partial charge in [-0.2, -0.15) is 0 Å². The van der Waals surface area contributed by atoms with E-state index in [2.05, 4.69) is 5.32 Å². The molecule has 184 valence electrons. The molecule has 35 heavy (non-hydrogen) atoms. The lowest BCUT2D eigenvalue weighted by Crippen LogP contribution is -2.26. The third-order valence-corrected chi connectivity index (χ3v) is 5.14. The third-order valence-electron chi connectivity index (χ3n) is 5.14. The fourth-order valence-electron chi connectivity index (χ4n) is 3.59. The van der Waals surface area contributed by atoms with Gasteiger partial charge < -0.3 is 28.8 Å². The Bertz CT molecular complexity index is 1200. The molecule has 9 nitrogen and oxygen atoms in total. The van der Waals surface area contributed by atoms with E-state index in [0.717, 1.165) is 5.56 Å². The number of methoxy groups -OCH3 is 2. The van der Waals surface area contributed by atoms with E-state index >= 15 is 0 Å². The number of esters is 2. The van der Waals surface area contributed by atoms with Gasteiger partial charge in [0.05, 0.1) is 33.1 Å². The van der Waals surface area contributed by atoms with Gasteiger partial charge in [-0.1, -0.05) is 36.4 Å². The van der Waals surface area contributed by atoms with E-state index in [0.29, 0.717) is 29.2 Å². The summed E-state index contributed by atoms with van der Waals surface area (Å²) in [5.74, 6) is -1.73. The molecule has 3 rings (SSSR count). The van der Waals surface area contributed by atoms with Crippen molar-refractivity contribution in [2.45, 2.75) is 20.4 Å². The van der Waals surface area contributed by atoms with Gasteiger partial charge in [-0.05, 0) is 37.1 Å². The molecule has 2 aromatic carbocycles. The molecular formula is C26H28N2O7. The summed E-state index contributed by atoms with van der Waals surface area (Å²) >= 11 is 0. The van der Waals surface area contributed by atoms with Gasteiger partial charge in [-0.15, -0.1) is 0 Å². The molecule has 0 aliphatic rings. The highest BCUT2D eigenvalue weighted by Gasteiger charge is 2.28. The second kappa shape index (κ2) is 11.7. The summed E-state index contributed by atoms with van der Waals surface area (Å²) in [7, 11) is 3.04. The van der Waals surface area contributed by atoms with Crippen LogP contribution in [0.3, 0.4) is 0 Å². The van der Waals surface area contributed by atoms with Gasteiger partial charge in [-0.25, -0.2) is 9.59 Å². The van der Waals surface area contributed by atoms with Crippen LogP contribution < -0.4 is 14.8 Å². The summed E-state index contributed by atoms with van der Waals surface area (Å²) in [4.78, 5) is 37.8. The fraction of sp³-hybridized carbons (Fsp3) is 0.269. The molecule has 0 radical (unpaired) electrons. The predicted octanol–water partition coefficient (Wildman–Crippen LogP) is 3.90. The number of nitrogens with one attached hydrogen (secondary N) is 1. The van der Waals surface area contributed by atoms with E-state index < -0.39 is 17.8 Å². The van der Waals surface area contributed by atoms with E-state index in [-0.39, 0.29) is 24.6 Å². The zero-order chi connectivity index (χ0) is 25.4. The second-order valence-electron chi connectivity index (χ2n) is 7.34. The molecule has 0 bridgehead atoms. The molecule has 9 heteroatoms. The molecule has 0 aliphatic carbocycles. The van der Waals surface area contributed by atoms with Crippen LogP contribution in [0.2, 0.25) is 0 Å². The number of benzene rings is 2. The van der Waals surface area contributed by atoms with Crippen LogP contribution in [0.5, 0.6) is 11.5 Å². The van der Waals surface area contributed by atoms with Crippen molar-refractivity contribution in [1.82, 2.24) is 4.57 Å². The number of rotatable bonds is 9. The molecule has 0 atom stereocenters. The molecule has 1 heterocycles. The number of aromatic nitrogens is 1. The molecule has 0 fully saturated rings. The summed E-state index contributed by atoms with van der Waals surface area (Å²) < 4.78 is 22.6. The number of ether oxygens (including phenoxy) is 4. The Kier molecular flexibility index (Phi) is 8.50. The Labute approximate surface area is 203 Å². The van der Waals surface area contributed by atoms with Crippen molar-refractivity contribution in [3.05, 3.63) is 66.0 Å². The summed E-state index contributed by atoms with van der Waals surface area (Å²) in [6, 6.07) is 14.7. The topological polar surface area (TPSA) is 105 Å². The van der Waals surface area contributed by atoms with Gasteiger partial charge >= 0.3 is 17.8 Å². The average Bonchev–Trinajstić information content (AvgIpc) is 3.21. The molecule has 0 unspecified atom stereocenters. The summed E-state index contributed by atoms with van der Waals surface area (Å²) in [5, 5.41) is 2.57. The lowest BCUT2D eigenvalue weighted by molar-refractivity contribution is -0.152. The Morgan fingerprint density at radius 1 is 0.886 bits per heavy atom. The van der Waals surface area contributed by atoms with Crippen LogP contribution in [0.25, 0.3) is 11.1 Å².